The van der Waals surface area contributed by atoms with Gasteiger partial charge in [0.25, 0.3) is 0 Å². The summed E-state index contributed by atoms with van der Waals surface area (Å²) >= 11 is 0. The minimum atomic E-state index is -0.0361. The number of carbonyl (C=O) groups excluding carboxylic acids is 1. The summed E-state index contributed by atoms with van der Waals surface area (Å²) in [5.74, 6) is 0.906. The van der Waals surface area contributed by atoms with Gasteiger partial charge in [0.1, 0.15) is 5.75 Å². The molecule has 2 aromatic carbocycles. The number of para-hydroxylation sites is 2. The number of hydrogen-bond acceptors (Lipinski definition) is 3. The molecule has 2 amide bonds. The minimum Gasteiger partial charge on any atom is -0.492 e. The molecule has 0 atom stereocenters. The maximum atomic E-state index is 12.5. The minimum absolute atomic E-state index is 0.0361. The molecule has 0 saturated carbocycles. The molecule has 1 N–H and O–H groups in total. The fourth-order valence-electron chi connectivity index (χ4n) is 3.17. The van der Waals surface area contributed by atoms with Crippen LogP contribution in [0.3, 0.4) is 0 Å². The van der Waals surface area contributed by atoms with E-state index in [1.54, 1.807) is 0 Å². The molecule has 5 heteroatoms. The van der Waals surface area contributed by atoms with Gasteiger partial charge in [-0.1, -0.05) is 18.2 Å². The average molecular weight is 353 g/mol. The Hall–Kier alpha value is -2.69. The molecule has 3 rings (SSSR count). The van der Waals surface area contributed by atoms with Crippen molar-refractivity contribution in [3.63, 3.8) is 0 Å². The summed E-state index contributed by atoms with van der Waals surface area (Å²) in [5.41, 5.74) is 4.36. The van der Waals surface area contributed by atoms with Gasteiger partial charge in [-0.15, -0.1) is 0 Å². The lowest BCUT2D eigenvalue weighted by molar-refractivity contribution is 0.208. The summed E-state index contributed by atoms with van der Waals surface area (Å²) < 4.78 is 5.73. The number of anilines is 2. The average Bonchev–Trinajstić information content (AvgIpc) is 2.66. The summed E-state index contributed by atoms with van der Waals surface area (Å²) in [4.78, 5) is 16.7. The van der Waals surface area contributed by atoms with Crippen molar-refractivity contribution in [2.24, 2.45) is 0 Å². The number of amides is 2. The molecular formula is C21H27N3O2. The van der Waals surface area contributed by atoms with Crippen molar-refractivity contribution in [1.82, 2.24) is 4.90 Å². The molecule has 2 aromatic rings. The third-order valence-electron chi connectivity index (χ3n) is 4.83. The van der Waals surface area contributed by atoms with E-state index in [1.807, 2.05) is 48.2 Å². The van der Waals surface area contributed by atoms with Gasteiger partial charge < -0.3 is 19.9 Å². The summed E-state index contributed by atoms with van der Waals surface area (Å²) in [6.07, 6.45) is 0. The number of ether oxygens (including phenoxy) is 1. The number of benzene rings is 2. The molecule has 0 bridgehead atoms. The molecule has 138 valence electrons. The molecule has 0 spiro atoms. The molecule has 1 fully saturated rings. The smallest absolute Gasteiger partial charge is 0.321 e. The van der Waals surface area contributed by atoms with E-state index in [9.17, 15) is 4.79 Å². The van der Waals surface area contributed by atoms with Crippen molar-refractivity contribution >= 4 is 17.4 Å². The van der Waals surface area contributed by atoms with Crippen molar-refractivity contribution in [3.05, 3.63) is 53.6 Å². The van der Waals surface area contributed by atoms with Crippen LogP contribution in [0, 0.1) is 13.8 Å². The molecular weight excluding hydrogens is 326 g/mol. The standard InChI is InChI=1S/C21H27N3O2/c1-4-26-20-8-6-5-7-19(20)23-11-13-24(14-12-23)21(25)22-18-10-9-16(2)17(3)15-18/h5-10,15H,4,11-14H2,1-3H3,(H,22,25). The predicted molar refractivity (Wildman–Crippen MR) is 106 cm³/mol. The highest BCUT2D eigenvalue weighted by Crippen LogP contribution is 2.28. The summed E-state index contributed by atoms with van der Waals surface area (Å²) in [6.45, 7) is 9.74. The number of nitrogens with one attached hydrogen (secondary N) is 1. The Morgan fingerprint density at radius 3 is 2.46 bits per heavy atom. The van der Waals surface area contributed by atoms with Crippen LogP contribution >= 0.6 is 0 Å². The van der Waals surface area contributed by atoms with Gasteiger partial charge in [-0.05, 0) is 56.2 Å². The van der Waals surface area contributed by atoms with Crippen molar-refractivity contribution in [3.8, 4) is 5.75 Å². The Labute approximate surface area is 155 Å². The molecule has 0 aliphatic carbocycles. The van der Waals surface area contributed by atoms with E-state index in [0.717, 1.165) is 30.2 Å². The van der Waals surface area contributed by atoms with E-state index in [4.69, 9.17) is 4.74 Å². The third-order valence-corrected chi connectivity index (χ3v) is 4.83. The summed E-state index contributed by atoms with van der Waals surface area (Å²) in [6, 6.07) is 14.1. The van der Waals surface area contributed by atoms with Crippen molar-refractivity contribution in [2.45, 2.75) is 20.8 Å². The van der Waals surface area contributed by atoms with Gasteiger partial charge in [-0.25, -0.2) is 4.79 Å². The molecule has 1 heterocycles. The van der Waals surface area contributed by atoms with Crippen LogP contribution in [-0.4, -0.2) is 43.7 Å². The number of aryl methyl sites for hydroxylation is 2. The van der Waals surface area contributed by atoms with Crippen LogP contribution in [0.4, 0.5) is 16.2 Å². The number of hydrogen-bond donors (Lipinski definition) is 1. The fraction of sp³-hybridized carbons (Fsp3) is 0.381. The van der Waals surface area contributed by atoms with E-state index in [0.29, 0.717) is 19.7 Å². The molecule has 26 heavy (non-hydrogen) atoms. The summed E-state index contributed by atoms with van der Waals surface area (Å²) in [5, 5.41) is 3.01. The zero-order chi connectivity index (χ0) is 18.5. The van der Waals surface area contributed by atoms with Crippen molar-refractivity contribution < 1.29 is 9.53 Å². The number of urea groups is 1. The first-order chi connectivity index (χ1) is 12.6. The molecule has 0 unspecified atom stereocenters. The normalized spacial score (nSPS) is 14.3. The van der Waals surface area contributed by atoms with Crippen molar-refractivity contribution in [1.29, 1.82) is 0 Å². The Bertz CT molecular complexity index is 768. The lowest BCUT2D eigenvalue weighted by Crippen LogP contribution is -2.50. The van der Waals surface area contributed by atoms with Gasteiger partial charge in [0.2, 0.25) is 0 Å². The molecule has 1 aliphatic heterocycles. The quantitative estimate of drug-likeness (QED) is 0.902. The van der Waals surface area contributed by atoms with Gasteiger partial charge >= 0.3 is 6.03 Å². The lowest BCUT2D eigenvalue weighted by Gasteiger charge is -2.36. The van der Waals surface area contributed by atoms with Crippen LogP contribution in [-0.2, 0) is 0 Å². The van der Waals surface area contributed by atoms with E-state index in [2.05, 4.69) is 30.1 Å². The first-order valence-electron chi connectivity index (χ1n) is 9.18. The highest BCUT2D eigenvalue weighted by atomic mass is 16.5. The van der Waals surface area contributed by atoms with E-state index in [-0.39, 0.29) is 6.03 Å². The van der Waals surface area contributed by atoms with Crippen molar-refractivity contribution in [2.75, 3.05) is 43.0 Å². The van der Waals surface area contributed by atoms with Crippen LogP contribution in [0.25, 0.3) is 0 Å². The molecule has 0 radical (unpaired) electrons. The maximum absolute atomic E-state index is 12.5. The number of nitrogens with zero attached hydrogens (tertiary/aromatic N) is 2. The second-order valence-corrected chi connectivity index (χ2v) is 6.60. The molecule has 5 nitrogen and oxygen atoms in total. The zero-order valence-corrected chi connectivity index (χ0v) is 15.8. The van der Waals surface area contributed by atoms with Gasteiger partial charge in [-0.3, -0.25) is 0 Å². The first-order valence-corrected chi connectivity index (χ1v) is 9.18. The van der Waals surface area contributed by atoms with Crippen LogP contribution in [0.1, 0.15) is 18.1 Å². The largest absolute Gasteiger partial charge is 0.492 e. The Morgan fingerprint density at radius 1 is 1.04 bits per heavy atom. The number of rotatable bonds is 4. The Kier molecular flexibility index (Phi) is 5.66. The van der Waals surface area contributed by atoms with Gasteiger partial charge in [0.05, 0.1) is 12.3 Å². The highest BCUT2D eigenvalue weighted by Gasteiger charge is 2.23. The van der Waals surface area contributed by atoms with Crippen LogP contribution in [0.2, 0.25) is 0 Å². The number of piperazine rings is 1. The van der Waals surface area contributed by atoms with E-state index >= 15 is 0 Å². The van der Waals surface area contributed by atoms with E-state index in [1.165, 1.54) is 11.1 Å². The second-order valence-electron chi connectivity index (χ2n) is 6.60. The Morgan fingerprint density at radius 2 is 1.77 bits per heavy atom. The number of carbonyl (C=O) groups is 1. The Balaban J connectivity index is 1.59. The highest BCUT2D eigenvalue weighted by molar-refractivity contribution is 5.89. The summed E-state index contributed by atoms with van der Waals surface area (Å²) in [7, 11) is 0. The monoisotopic (exact) mass is 353 g/mol. The van der Waals surface area contributed by atoms with Gasteiger partial charge in [0.15, 0.2) is 0 Å². The maximum Gasteiger partial charge on any atom is 0.321 e. The third kappa shape index (κ3) is 4.10. The van der Waals surface area contributed by atoms with Gasteiger partial charge in [-0.2, -0.15) is 0 Å². The molecule has 1 saturated heterocycles. The van der Waals surface area contributed by atoms with Gasteiger partial charge in [0, 0.05) is 31.9 Å². The zero-order valence-electron chi connectivity index (χ0n) is 15.8. The SMILES string of the molecule is CCOc1ccccc1N1CCN(C(=O)Nc2ccc(C)c(C)c2)CC1. The molecule has 1 aliphatic rings. The van der Waals surface area contributed by atoms with Crippen LogP contribution in [0.5, 0.6) is 5.75 Å². The van der Waals surface area contributed by atoms with Crippen LogP contribution < -0.4 is 15.0 Å². The van der Waals surface area contributed by atoms with Crippen LogP contribution in [0.15, 0.2) is 42.5 Å². The lowest BCUT2D eigenvalue weighted by atomic mass is 10.1. The molecule has 0 aromatic heterocycles. The van der Waals surface area contributed by atoms with E-state index < -0.39 is 0 Å². The first kappa shape index (κ1) is 18.1. The second kappa shape index (κ2) is 8.13. The fourth-order valence-corrected chi connectivity index (χ4v) is 3.17. The topological polar surface area (TPSA) is 44.8 Å². The predicted octanol–water partition coefficient (Wildman–Crippen LogP) is 4.06.